The number of aliphatic carboxylic acids is 1. The van der Waals surface area contributed by atoms with Crippen LogP contribution < -0.4 is 21.7 Å². The molecule has 0 fully saturated rings. The van der Waals surface area contributed by atoms with Crippen molar-refractivity contribution < 1.29 is 24.3 Å². The first-order valence-corrected chi connectivity index (χ1v) is 9.54. The highest BCUT2D eigenvalue weighted by Crippen LogP contribution is 2.06. The molecule has 0 heterocycles. The Morgan fingerprint density at radius 3 is 1.89 bits per heavy atom. The van der Waals surface area contributed by atoms with Gasteiger partial charge in [-0.05, 0) is 25.2 Å². The molecule has 0 aliphatic carbocycles. The molecule has 0 aromatic heterocycles. The maximum Gasteiger partial charge on any atom is 0.326 e. The molecule has 0 saturated carbocycles. The monoisotopic (exact) mass is 404 g/mol. The Hall–Kier alpha value is -1.81. The number of carbonyl (C=O) groups is 4. The van der Waals surface area contributed by atoms with E-state index in [0.717, 1.165) is 0 Å². The summed E-state index contributed by atoms with van der Waals surface area (Å²) in [7, 11) is 0. The SMILES string of the molecule is CC(C)CC(NC(=O)C(C)NC(=O)C(NC(=O)C(N)CS)C(C)C)C(=O)O. The largest absolute Gasteiger partial charge is 0.480 e. The van der Waals surface area contributed by atoms with E-state index in [1.165, 1.54) is 6.92 Å². The molecule has 10 heteroatoms. The van der Waals surface area contributed by atoms with Gasteiger partial charge in [-0.2, -0.15) is 12.6 Å². The highest BCUT2D eigenvalue weighted by molar-refractivity contribution is 7.80. The second-order valence-electron chi connectivity index (χ2n) is 7.28. The van der Waals surface area contributed by atoms with Crippen molar-refractivity contribution in [2.75, 3.05) is 5.75 Å². The summed E-state index contributed by atoms with van der Waals surface area (Å²) in [6.07, 6.45) is 0.272. The smallest absolute Gasteiger partial charge is 0.326 e. The zero-order valence-electron chi connectivity index (χ0n) is 16.5. The lowest BCUT2D eigenvalue weighted by Gasteiger charge is -2.25. The minimum atomic E-state index is -1.14. The summed E-state index contributed by atoms with van der Waals surface area (Å²) < 4.78 is 0. The van der Waals surface area contributed by atoms with E-state index in [0.29, 0.717) is 0 Å². The van der Waals surface area contributed by atoms with Crippen molar-refractivity contribution in [3.8, 4) is 0 Å². The number of hydrogen-bond acceptors (Lipinski definition) is 6. The Kier molecular flexibility index (Phi) is 11.0. The first-order chi connectivity index (χ1) is 12.4. The Morgan fingerprint density at radius 1 is 0.926 bits per heavy atom. The van der Waals surface area contributed by atoms with E-state index in [-0.39, 0.29) is 24.0 Å². The predicted molar refractivity (Wildman–Crippen MR) is 105 cm³/mol. The fourth-order valence-electron chi connectivity index (χ4n) is 2.24. The van der Waals surface area contributed by atoms with Gasteiger partial charge in [-0.15, -0.1) is 0 Å². The van der Waals surface area contributed by atoms with Crippen molar-refractivity contribution in [1.82, 2.24) is 16.0 Å². The average Bonchev–Trinajstić information content (AvgIpc) is 2.56. The van der Waals surface area contributed by atoms with Crippen LogP contribution in [0.1, 0.15) is 41.0 Å². The summed E-state index contributed by atoms with van der Waals surface area (Å²) in [6.45, 7) is 8.62. The van der Waals surface area contributed by atoms with Crippen molar-refractivity contribution in [2.24, 2.45) is 17.6 Å². The molecule has 27 heavy (non-hydrogen) atoms. The summed E-state index contributed by atoms with van der Waals surface area (Å²) in [6, 6.07) is -3.74. The lowest BCUT2D eigenvalue weighted by molar-refractivity contribution is -0.142. The lowest BCUT2D eigenvalue weighted by atomic mass is 10.0. The minimum Gasteiger partial charge on any atom is -0.480 e. The third-order valence-corrected chi connectivity index (χ3v) is 4.25. The number of rotatable bonds is 11. The molecule has 4 unspecified atom stereocenters. The number of carbonyl (C=O) groups excluding carboxylic acids is 3. The summed E-state index contributed by atoms with van der Waals surface area (Å²) >= 11 is 3.95. The summed E-state index contributed by atoms with van der Waals surface area (Å²) in [5.41, 5.74) is 5.60. The number of nitrogens with two attached hydrogens (primary N) is 1. The van der Waals surface area contributed by atoms with Gasteiger partial charge in [0.05, 0.1) is 6.04 Å². The molecule has 0 rings (SSSR count). The topological polar surface area (TPSA) is 151 Å². The molecule has 0 aliphatic rings. The second-order valence-corrected chi connectivity index (χ2v) is 7.64. The van der Waals surface area contributed by atoms with Crippen LogP contribution in [0.5, 0.6) is 0 Å². The second kappa shape index (κ2) is 11.8. The summed E-state index contributed by atoms with van der Waals surface area (Å²) in [5.74, 6) is -2.86. The van der Waals surface area contributed by atoms with Gasteiger partial charge in [0.1, 0.15) is 18.1 Å². The van der Waals surface area contributed by atoms with E-state index in [4.69, 9.17) is 5.73 Å². The van der Waals surface area contributed by atoms with E-state index < -0.39 is 47.9 Å². The van der Waals surface area contributed by atoms with Gasteiger partial charge in [0, 0.05) is 5.75 Å². The molecule has 0 aliphatic heterocycles. The van der Waals surface area contributed by atoms with Gasteiger partial charge < -0.3 is 26.8 Å². The number of carboxylic acid groups (broad SMARTS) is 1. The van der Waals surface area contributed by atoms with Gasteiger partial charge in [0.25, 0.3) is 0 Å². The maximum atomic E-state index is 12.5. The minimum absolute atomic E-state index is 0.0767. The van der Waals surface area contributed by atoms with E-state index in [2.05, 4.69) is 28.6 Å². The first-order valence-electron chi connectivity index (χ1n) is 8.91. The fourth-order valence-corrected chi connectivity index (χ4v) is 2.40. The van der Waals surface area contributed by atoms with Crippen LogP contribution in [0.25, 0.3) is 0 Å². The standard InChI is InChI=1S/C17H32N4O5S/c1-8(2)6-12(17(25)26)20-14(22)10(5)19-16(24)13(9(3)4)21-15(23)11(18)7-27/h8-13,27H,6-7,18H2,1-5H3,(H,19,24)(H,20,22)(H,21,23)(H,25,26). The zero-order chi connectivity index (χ0) is 21.3. The molecule has 0 radical (unpaired) electrons. The predicted octanol–water partition coefficient (Wildman–Crippen LogP) is -0.495. The van der Waals surface area contributed by atoms with E-state index in [1.807, 2.05) is 13.8 Å². The van der Waals surface area contributed by atoms with Crippen LogP contribution in [-0.4, -0.2) is 58.7 Å². The third-order valence-electron chi connectivity index (χ3n) is 3.85. The molecule has 0 aromatic carbocycles. The summed E-state index contributed by atoms with van der Waals surface area (Å²) in [4.78, 5) is 47.9. The van der Waals surface area contributed by atoms with E-state index in [1.54, 1.807) is 13.8 Å². The van der Waals surface area contributed by atoms with Crippen LogP contribution in [0, 0.1) is 11.8 Å². The molecule has 0 aromatic rings. The van der Waals surface area contributed by atoms with E-state index >= 15 is 0 Å². The third kappa shape index (κ3) is 9.09. The van der Waals surface area contributed by atoms with Crippen molar-refractivity contribution in [3.05, 3.63) is 0 Å². The number of carboxylic acids is 1. The highest BCUT2D eigenvalue weighted by atomic mass is 32.1. The Morgan fingerprint density at radius 2 is 1.48 bits per heavy atom. The number of hydrogen-bond donors (Lipinski definition) is 6. The van der Waals surface area contributed by atoms with Crippen molar-refractivity contribution >= 4 is 36.3 Å². The van der Waals surface area contributed by atoms with Gasteiger partial charge in [-0.1, -0.05) is 27.7 Å². The number of amides is 3. The molecule has 9 nitrogen and oxygen atoms in total. The number of nitrogens with one attached hydrogen (secondary N) is 3. The van der Waals surface area contributed by atoms with Gasteiger partial charge in [-0.3, -0.25) is 14.4 Å². The average molecular weight is 405 g/mol. The van der Waals surface area contributed by atoms with Crippen LogP contribution >= 0.6 is 12.6 Å². The molecular formula is C17H32N4O5S. The quantitative estimate of drug-likeness (QED) is 0.256. The van der Waals surface area contributed by atoms with Crippen LogP contribution in [-0.2, 0) is 19.2 Å². The molecule has 0 bridgehead atoms. The normalized spacial score (nSPS) is 15.6. The van der Waals surface area contributed by atoms with Crippen molar-refractivity contribution in [1.29, 1.82) is 0 Å². The Labute approximate surface area is 165 Å². The van der Waals surface area contributed by atoms with E-state index in [9.17, 15) is 24.3 Å². The fraction of sp³-hybridized carbons (Fsp3) is 0.765. The zero-order valence-corrected chi connectivity index (χ0v) is 17.4. The maximum absolute atomic E-state index is 12.5. The molecule has 4 atom stereocenters. The lowest BCUT2D eigenvalue weighted by Crippen LogP contribution is -2.58. The van der Waals surface area contributed by atoms with Gasteiger partial charge in [0.2, 0.25) is 17.7 Å². The van der Waals surface area contributed by atoms with Crippen molar-refractivity contribution in [3.63, 3.8) is 0 Å². The van der Waals surface area contributed by atoms with Gasteiger partial charge >= 0.3 is 5.97 Å². The van der Waals surface area contributed by atoms with Crippen LogP contribution in [0.3, 0.4) is 0 Å². The Bertz CT molecular complexity index is 541. The van der Waals surface area contributed by atoms with Crippen molar-refractivity contribution in [2.45, 2.75) is 65.2 Å². The molecular weight excluding hydrogens is 372 g/mol. The van der Waals surface area contributed by atoms with Crippen LogP contribution in [0.4, 0.5) is 0 Å². The molecule has 6 N–H and O–H groups in total. The summed E-state index contributed by atoms with van der Waals surface area (Å²) in [5, 5.41) is 16.7. The number of thiol groups is 1. The van der Waals surface area contributed by atoms with Gasteiger partial charge in [0.15, 0.2) is 0 Å². The van der Waals surface area contributed by atoms with Gasteiger partial charge in [-0.25, -0.2) is 4.79 Å². The highest BCUT2D eigenvalue weighted by Gasteiger charge is 2.29. The molecule has 0 spiro atoms. The molecule has 156 valence electrons. The Balaban J connectivity index is 4.93. The first kappa shape index (κ1) is 25.2. The van der Waals surface area contributed by atoms with Crippen LogP contribution in [0.15, 0.2) is 0 Å². The van der Waals surface area contributed by atoms with Crippen LogP contribution in [0.2, 0.25) is 0 Å². The molecule has 3 amide bonds. The molecule has 0 saturated heterocycles.